The summed E-state index contributed by atoms with van der Waals surface area (Å²) in [7, 11) is 0. The Balaban J connectivity index is 1.88. The second-order valence-corrected chi connectivity index (χ2v) is 5.12. The molecule has 0 aliphatic rings. The van der Waals surface area contributed by atoms with Crippen LogP contribution in [0.15, 0.2) is 35.0 Å². The maximum atomic E-state index is 12.8. The Morgan fingerprint density at radius 1 is 1.19 bits per heavy atom. The van der Waals surface area contributed by atoms with E-state index in [0.717, 1.165) is 12.3 Å². The van der Waals surface area contributed by atoms with Crippen LogP contribution in [-0.2, 0) is 6.18 Å². The van der Waals surface area contributed by atoms with Gasteiger partial charge in [0.05, 0.1) is 6.20 Å². The molecule has 3 heterocycles. The van der Waals surface area contributed by atoms with Crippen molar-refractivity contribution in [1.29, 1.82) is 0 Å². The highest BCUT2D eigenvalue weighted by Crippen LogP contribution is 2.29. The predicted octanol–water partition coefficient (Wildman–Crippen LogP) is 3.25. The molecule has 0 aliphatic carbocycles. The van der Waals surface area contributed by atoms with E-state index in [-0.39, 0.29) is 22.9 Å². The second kappa shape index (κ2) is 6.50. The van der Waals surface area contributed by atoms with Crippen molar-refractivity contribution in [3.8, 4) is 11.4 Å². The Morgan fingerprint density at radius 2 is 1.96 bits per heavy atom. The number of anilines is 1. The van der Waals surface area contributed by atoms with Crippen LogP contribution in [-0.4, -0.2) is 26.0 Å². The number of rotatable bonds is 3. The minimum absolute atomic E-state index is 0.0835. The van der Waals surface area contributed by atoms with Crippen molar-refractivity contribution in [2.24, 2.45) is 0 Å². The first-order valence-electron chi connectivity index (χ1n) is 7.05. The maximum absolute atomic E-state index is 12.8. The topological polar surface area (TPSA) is 93.8 Å². The highest BCUT2D eigenvalue weighted by molar-refractivity contribution is 6.02. The van der Waals surface area contributed by atoms with E-state index in [4.69, 9.17) is 0 Å². The lowest BCUT2D eigenvalue weighted by Gasteiger charge is -2.06. The molecule has 3 aromatic heterocycles. The molecule has 0 fully saturated rings. The summed E-state index contributed by atoms with van der Waals surface area (Å²) in [6.07, 6.45) is -3.86. The Hall–Kier alpha value is -3.37. The molecule has 3 aromatic rings. The van der Waals surface area contributed by atoms with Gasteiger partial charge >= 0.3 is 12.1 Å². The molecule has 0 unspecified atom stereocenters. The number of carbonyl (C=O) groups is 1. The van der Waals surface area contributed by atoms with E-state index in [1.165, 1.54) is 18.2 Å². The zero-order valence-corrected chi connectivity index (χ0v) is 13.0. The van der Waals surface area contributed by atoms with Crippen molar-refractivity contribution in [2.45, 2.75) is 13.1 Å². The summed E-state index contributed by atoms with van der Waals surface area (Å²) in [5.41, 5.74) is 0.358. The Morgan fingerprint density at radius 3 is 2.58 bits per heavy atom. The maximum Gasteiger partial charge on any atom is 0.471 e. The molecule has 134 valence electrons. The summed E-state index contributed by atoms with van der Waals surface area (Å²) in [6.45, 7) is 1.54. The first kappa shape index (κ1) is 17.5. The van der Waals surface area contributed by atoms with E-state index < -0.39 is 23.8 Å². The lowest BCUT2D eigenvalue weighted by molar-refractivity contribution is -0.159. The van der Waals surface area contributed by atoms with Crippen LogP contribution >= 0.6 is 0 Å². The first-order valence-corrected chi connectivity index (χ1v) is 7.05. The number of halogens is 4. The normalized spacial score (nSPS) is 11.4. The van der Waals surface area contributed by atoms with E-state index in [1.807, 2.05) is 0 Å². The second-order valence-electron chi connectivity index (χ2n) is 5.12. The van der Waals surface area contributed by atoms with Gasteiger partial charge in [-0.1, -0.05) is 5.16 Å². The summed E-state index contributed by atoms with van der Waals surface area (Å²) >= 11 is 0. The molecule has 26 heavy (non-hydrogen) atoms. The highest BCUT2D eigenvalue weighted by Gasteiger charge is 2.38. The average molecular weight is 367 g/mol. The van der Waals surface area contributed by atoms with E-state index >= 15 is 0 Å². The average Bonchev–Trinajstić information content (AvgIpc) is 3.07. The molecule has 0 atom stereocenters. The fourth-order valence-corrected chi connectivity index (χ4v) is 2.00. The van der Waals surface area contributed by atoms with Gasteiger partial charge in [-0.3, -0.25) is 4.79 Å². The fourth-order valence-electron chi connectivity index (χ4n) is 2.00. The van der Waals surface area contributed by atoms with Crippen LogP contribution in [0, 0.1) is 12.7 Å². The summed E-state index contributed by atoms with van der Waals surface area (Å²) in [5.74, 6) is -3.01. The van der Waals surface area contributed by atoms with Crippen molar-refractivity contribution in [3.63, 3.8) is 0 Å². The van der Waals surface area contributed by atoms with Crippen molar-refractivity contribution in [2.75, 3.05) is 5.32 Å². The molecule has 0 aliphatic heterocycles. The third-order valence-corrected chi connectivity index (χ3v) is 3.08. The number of nitrogens with one attached hydrogen (secondary N) is 1. The fraction of sp³-hybridized carbons (Fsp3) is 0.133. The summed E-state index contributed by atoms with van der Waals surface area (Å²) < 4.78 is 54.7. The molecular formula is C15H9F4N5O2. The van der Waals surface area contributed by atoms with Gasteiger partial charge in [-0.15, -0.1) is 0 Å². The zero-order chi connectivity index (χ0) is 18.9. The number of aromatic nitrogens is 4. The number of hydrogen-bond donors (Lipinski definition) is 1. The van der Waals surface area contributed by atoms with Crippen LogP contribution in [0.4, 0.5) is 23.4 Å². The molecule has 7 nitrogen and oxygen atoms in total. The first-order chi connectivity index (χ1) is 12.2. The van der Waals surface area contributed by atoms with Gasteiger partial charge in [0.2, 0.25) is 5.82 Å². The molecule has 0 bridgehead atoms. The summed E-state index contributed by atoms with van der Waals surface area (Å²) in [6, 6.07) is 4.96. The summed E-state index contributed by atoms with van der Waals surface area (Å²) in [5, 5.41) is 5.67. The van der Waals surface area contributed by atoms with Crippen LogP contribution in [0.1, 0.15) is 22.1 Å². The monoisotopic (exact) mass is 367 g/mol. The smallest absolute Gasteiger partial charge is 0.329 e. The number of alkyl halides is 3. The Bertz CT molecular complexity index is 953. The van der Waals surface area contributed by atoms with Gasteiger partial charge in [0, 0.05) is 11.3 Å². The molecule has 0 aromatic carbocycles. The zero-order valence-electron chi connectivity index (χ0n) is 13.0. The van der Waals surface area contributed by atoms with Crippen LogP contribution in [0.5, 0.6) is 0 Å². The lowest BCUT2D eigenvalue weighted by Crippen LogP contribution is -2.15. The predicted molar refractivity (Wildman–Crippen MR) is 79.4 cm³/mol. The van der Waals surface area contributed by atoms with Gasteiger partial charge in [-0.25, -0.2) is 14.4 Å². The standard InChI is InChI=1S/C15H9F4N5O2/c1-7-4-8(12-23-14(26-24-12)15(17,18)19)5-10(21-7)13(25)22-11-3-2-9(16)6-20-11/h2-6H,1H3,(H,20,22,25). The number of amides is 1. The van der Waals surface area contributed by atoms with Crippen molar-refractivity contribution in [3.05, 3.63) is 53.6 Å². The SMILES string of the molecule is Cc1cc(-c2noc(C(F)(F)F)n2)cc(C(=O)Nc2ccc(F)cn2)n1. The molecule has 0 saturated heterocycles. The Labute approximate surface area is 143 Å². The molecule has 3 rings (SSSR count). The number of pyridine rings is 2. The number of hydrogen-bond acceptors (Lipinski definition) is 6. The Kier molecular flexibility index (Phi) is 4.36. The van der Waals surface area contributed by atoms with Crippen LogP contribution < -0.4 is 5.32 Å². The number of aryl methyl sites for hydroxylation is 1. The van der Waals surface area contributed by atoms with Crippen molar-refractivity contribution in [1.82, 2.24) is 20.1 Å². The van der Waals surface area contributed by atoms with E-state index in [0.29, 0.717) is 5.69 Å². The van der Waals surface area contributed by atoms with Gasteiger partial charge in [-0.05, 0) is 31.2 Å². The third-order valence-electron chi connectivity index (χ3n) is 3.08. The van der Waals surface area contributed by atoms with Crippen LogP contribution in [0.25, 0.3) is 11.4 Å². The molecule has 11 heteroatoms. The quantitative estimate of drug-likeness (QED) is 0.715. The van der Waals surface area contributed by atoms with Gasteiger partial charge in [0.25, 0.3) is 5.91 Å². The highest BCUT2D eigenvalue weighted by atomic mass is 19.4. The van der Waals surface area contributed by atoms with Gasteiger partial charge < -0.3 is 9.84 Å². The van der Waals surface area contributed by atoms with Crippen LogP contribution in [0.2, 0.25) is 0 Å². The molecular weight excluding hydrogens is 358 g/mol. The third kappa shape index (κ3) is 3.82. The molecule has 0 spiro atoms. The molecule has 0 saturated carbocycles. The van der Waals surface area contributed by atoms with Gasteiger partial charge in [0.15, 0.2) is 0 Å². The lowest BCUT2D eigenvalue weighted by atomic mass is 10.1. The molecule has 1 N–H and O–H groups in total. The molecule has 1 amide bonds. The van der Waals surface area contributed by atoms with Gasteiger partial charge in [0.1, 0.15) is 17.3 Å². The minimum Gasteiger partial charge on any atom is -0.329 e. The van der Waals surface area contributed by atoms with E-state index in [9.17, 15) is 22.4 Å². The van der Waals surface area contributed by atoms with E-state index in [2.05, 4.69) is 29.9 Å². The van der Waals surface area contributed by atoms with Crippen LogP contribution in [0.3, 0.4) is 0 Å². The number of nitrogens with zero attached hydrogens (tertiary/aromatic N) is 4. The summed E-state index contributed by atoms with van der Waals surface area (Å²) in [4.78, 5) is 23.2. The van der Waals surface area contributed by atoms with Crippen molar-refractivity contribution < 1.29 is 26.9 Å². The largest absolute Gasteiger partial charge is 0.471 e. The minimum atomic E-state index is -4.78. The molecule has 0 radical (unpaired) electrons. The van der Waals surface area contributed by atoms with Gasteiger partial charge in [-0.2, -0.15) is 18.2 Å². The van der Waals surface area contributed by atoms with Crippen molar-refractivity contribution >= 4 is 11.7 Å². The number of carbonyl (C=O) groups excluding carboxylic acids is 1. The van der Waals surface area contributed by atoms with E-state index in [1.54, 1.807) is 6.92 Å².